The van der Waals surface area contributed by atoms with Crippen LogP contribution in [0.1, 0.15) is 64.8 Å². The first-order valence-corrected chi connectivity index (χ1v) is 14.6. The van der Waals surface area contributed by atoms with Gasteiger partial charge in [0.25, 0.3) is 11.8 Å². The lowest BCUT2D eigenvalue weighted by atomic mass is 9.98. The molecule has 0 spiro atoms. The summed E-state index contributed by atoms with van der Waals surface area (Å²) in [5.41, 5.74) is 6.87. The van der Waals surface area contributed by atoms with E-state index in [1.165, 1.54) is 24.8 Å². The Morgan fingerprint density at radius 3 is 2.55 bits per heavy atom. The van der Waals surface area contributed by atoms with Crippen LogP contribution in [0.2, 0.25) is 0 Å². The minimum atomic E-state index is -0.226. The molecule has 1 aromatic heterocycles. The number of likely N-dealkylation sites (tertiary alicyclic amines) is 1. The number of fused-ring (bicyclic) bond motifs is 1. The van der Waals surface area contributed by atoms with Gasteiger partial charge < -0.3 is 16.0 Å². The van der Waals surface area contributed by atoms with Crippen molar-refractivity contribution in [1.29, 1.82) is 0 Å². The molecule has 0 unspecified atom stereocenters. The molecule has 6 rings (SSSR count). The Bertz CT molecular complexity index is 1610. The van der Waals surface area contributed by atoms with Crippen molar-refractivity contribution in [3.63, 3.8) is 0 Å². The second kappa shape index (κ2) is 12.4. The zero-order valence-corrected chi connectivity index (χ0v) is 23.8. The molecule has 1 fully saturated rings. The summed E-state index contributed by atoms with van der Waals surface area (Å²) in [6.07, 6.45) is 7.25. The molecule has 1 saturated heterocycles. The van der Waals surface area contributed by atoms with E-state index >= 15 is 0 Å². The van der Waals surface area contributed by atoms with E-state index in [0.717, 1.165) is 36.4 Å². The Morgan fingerprint density at radius 1 is 0.929 bits per heavy atom. The number of piperidine rings is 1. The summed E-state index contributed by atoms with van der Waals surface area (Å²) < 4.78 is 0. The van der Waals surface area contributed by atoms with Crippen molar-refractivity contribution in [1.82, 2.24) is 15.2 Å². The molecular weight excluding hydrogens is 522 g/mol. The van der Waals surface area contributed by atoms with Gasteiger partial charge in [-0.15, -0.1) is 0 Å². The molecule has 0 aliphatic carbocycles. The van der Waals surface area contributed by atoms with Crippen molar-refractivity contribution < 1.29 is 9.59 Å². The monoisotopic (exact) mass is 557 g/mol. The molecule has 1 atom stereocenters. The molecule has 2 aliphatic heterocycles. The largest absolute Gasteiger partial charge is 0.354 e. The van der Waals surface area contributed by atoms with E-state index in [0.29, 0.717) is 28.1 Å². The van der Waals surface area contributed by atoms with Crippen LogP contribution in [0, 0.1) is 0 Å². The molecule has 42 heavy (non-hydrogen) atoms. The number of rotatable bonds is 8. The van der Waals surface area contributed by atoms with Gasteiger partial charge in [0.2, 0.25) is 0 Å². The highest BCUT2D eigenvalue weighted by atomic mass is 16.2. The summed E-state index contributed by atoms with van der Waals surface area (Å²) in [6, 6.07) is 27.2. The van der Waals surface area contributed by atoms with Crippen LogP contribution in [0.3, 0.4) is 0 Å². The first-order valence-electron chi connectivity index (χ1n) is 14.6. The van der Waals surface area contributed by atoms with Crippen molar-refractivity contribution >= 4 is 34.5 Å². The highest BCUT2D eigenvalue weighted by Gasteiger charge is 2.30. The Labute approximate surface area is 246 Å². The summed E-state index contributed by atoms with van der Waals surface area (Å²) >= 11 is 0. The lowest BCUT2D eigenvalue weighted by molar-refractivity contribution is -0.110. The zero-order valence-electron chi connectivity index (χ0n) is 23.8. The lowest BCUT2D eigenvalue weighted by Gasteiger charge is -2.26. The number of benzene rings is 3. The second-order valence-corrected chi connectivity index (χ2v) is 11.0. The van der Waals surface area contributed by atoms with E-state index in [4.69, 9.17) is 0 Å². The number of anilines is 2. The SMILES string of the molecule is C[C@H](NC(=O)c1ccc2c(c1)/C(=C(/Nc1cccc(CN3CCCCC3)c1)c1cccnc1)C(=O)N2)c1ccccc1. The van der Waals surface area contributed by atoms with Crippen molar-refractivity contribution in [2.45, 2.75) is 38.8 Å². The van der Waals surface area contributed by atoms with Gasteiger partial charge in [-0.25, -0.2) is 0 Å². The summed E-state index contributed by atoms with van der Waals surface area (Å²) in [6.45, 7) is 5.11. The smallest absolute Gasteiger partial charge is 0.258 e. The maximum absolute atomic E-state index is 13.5. The fourth-order valence-electron chi connectivity index (χ4n) is 5.72. The number of amides is 2. The molecule has 7 nitrogen and oxygen atoms in total. The van der Waals surface area contributed by atoms with Gasteiger partial charge in [0.1, 0.15) is 0 Å². The third-order valence-corrected chi connectivity index (χ3v) is 7.92. The van der Waals surface area contributed by atoms with Gasteiger partial charge in [0.15, 0.2) is 0 Å². The minimum absolute atomic E-state index is 0.161. The van der Waals surface area contributed by atoms with Gasteiger partial charge in [-0.05, 0) is 86.4 Å². The third kappa shape index (κ3) is 6.11. The molecule has 2 aliphatic rings. The third-order valence-electron chi connectivity index (χ3n) is 7.92. The number of nitrogens with one attached hydrogen (secondary N) is 3. The normalized spacial score (nSPS) is 16.7. The molecule has 212 valence electrons. The van der Waals surface area contributed by atoms with E-state index in [2.05, 4.69) is 38.0 Å². The van der Waals surface area contributed by atoms with Crippen molar-refractivity contribution in [3.8, 4) is 0 Å². The molecule has 0 bridgehead atoms. The molecule has 3 aromatic carbocycles. The second-order valence-electron chi connectivity index (χ2n) is 11.0. The Balaban J connectivity index is 1.33. The summed E-state index contributed by atoms with van der Waals surface area (Å²) in [5, 5.41) is 9.61. The van der Waals surface area contributed by atoms with Crippen LogP contribution in [0.4, 0.5) is 11.4 Å². The lowest BCUT2D eigenvalue weighted by Crippen LogP contribution is -2.29. The van der Waals surface area contributed by atoms with E-state index in [1.807, 2.05) is 61.5 Å². The van der Waals surface area contributed by atoms with Crippen LogP contribution in [-0.4, -0.2) is 34.8 Å². The quantitative estimate of drug-likeness (QED) is 0.216. The Morgan fingerprint density at radius 2 is 1.76 bits per heavy atom. The summed E-state index contributed by atoms with van der Waals surface area (Å²) in [4.78, 5) is 33.6. The van der Waals surface area contributed by atoms with Crippen LogP contribution in [-0.2, 0) is 11.3 Å². The van der Waals surface area contributed by atoms with Crippen molar-refractivity contribution in [2.24, 2.45) is 0 Å². The average molecular weight is 558 g/mol. The van der Waals surface area contributed by atoms with Gasteiger partial charge in [0, 0.05) is 47.0 Å². The molecule has 0 saturated carbocycles. The average Bonchev–Trinajstić information content (AvgIpc) is 3.36. The molecular formula is C35H35N5O2. The molecule has 7 heteroatoms. The number of nitrogens with zero attached hydrogens (tertiary/aromatic N) is 2. The zero-order chi connectivity index (χ0) is 28.9. The van der Waals surface area contributed by atoms with E-state index in [1.54, 1.807) is 30.6 Å². The number of hydrogen-bond acceptors (Lipinski definition) is 5. The van der Waals surface area contributed by atoms with Crippen LogP contribution in [0.25, 0.3) is 11.3 Å². The van der Waals surface area contributed by atoms with E-state index in [-0.39, 0.29) is 17.9 Å². The molecule has 2 amide bonds. The first-order chi connectivity index (χ1) is 20.5. The summed E-state index contributed by atoms with van der Waals surface area (Å²) in [7, 11) is 0. The maximum Gasteiger partial charge on any atom is 0.258 e. The van der Waals surface area contributed by atoms with Crippen molar-refractivity contribution in [3.05, 3.63) is 125 Å². The molecule has 3 heterocycles. The molecule has 4 aromatic rings. The van der Waals surface area contributed by atoms with Crippen LogP contribution in [0.15, 0.2) is 97.3 Å². The van der Waals surface area contributed by atoms with E-state index in [9.17, 15) is 9.59 Å². The van der Waals surface area contributed by atoms with Crippen LogP contribution >= 0.6 is 0 Å². The van der Waals surface area contributed by atoms with Gasteiger partial charge >= 0.3 is 0 Å². The minimum Gasteiger partial charge on any atom is -0.354 e. The maximum atomic E-state index is 13.5. The van der Waals surface area contributed by atoms with Crippen LogP contribution < -0.4 is 16.0 Å². The first kappa shape index (κ1) is 27.4. The van der Waals surface area contributed by atoms with Gasteiger partial charge in [-0.1, -0.05) is 48.9 Å². The summed E-state index contributed by atoms with van der Waals surface area (Å²) in [5.74, 6) is -0.426. The van der Waals surface area contributed by atoms with Gasteiger partial charge in [0.05, 0.1) is 17.3 Å². The highest BCUT2D eigenvalue weighted by molar-refractivity contribution is 6.37. The predicted octanol–water partition coefficient (Wildman–Crippen LogP) is 6.49. The highest BCUT2D eigenvalue weighted by Crippen LogP contribution is 2.38. The van der Waals surface area contributed by atoms with Crippen LogP contribution in [0.5, 0.6) is 0 Å². The number of carbonyl (C=O) groups excluding carboxylic acids is 2. The molecule has 0 radical (unpaired) electrons. The van der Waals surface area contributed by atoms with E-state index < -0.39 is 0 Å². The Hall–Kier alpha value is -4.75. The topological polar surface area (TPSA) is 86.4 Å². The van der Waals surface area contributed by atoms with Crippen molar-refractivity contribution in [2.75, 3.05) is 23.7 Å². The predicted molar refractivity (Wildman–Crippen MR) is 168 cm³/mol. The van der Waals surface area contributed by atoms with Gasteiger partial charge in [-0.2, -0.15) is 0 Å². The fourth-order valence-corrected chi connectivity index (χ4v) is 5.72. The number of hydrogen-bond donors (Lipinski definition) is 3. The van der Waals surface area contributed by atoms with Gasteiger partial charge in [-0.3, -0.25) is 19.5 Å². The number of aromatic nitrogens is 1. The fraction of sp³-hybridized carbons (Fsp3) is 0.229. The Kier molecular flexibility index (Phi) is 8.10. The molecule has 3 N–H and O–H groups in total. The number of carbonyl (C=O) groups is 2. The standard InChI is InChI=1S/C35H35N5O2/c1-24(26-11-4-2-5-12-26)37-34(41)27-15-16-31-30(21-27)32(35(42)39-31)33(28-13-9-17-36-22-28)38-29-14-8-10-25(20-29)23-40-18-6-3-7-19-40/h2,4-5,8-17,20-22,24,38H,3,6-7,18-19,23H2,1H3,(H,37,41)(H,39,42)/b33-32-/t24-/m0/s1. The number of pyridine rings is 1.